The molecule has 0 spiro atoms. The molecule has 0 unspecified atom stereocenters. The largest absolute Gasteiger partial charge is 0.330 e. The van der Waals surface area contributed by atoms with Gasteiger partial charge < -0.3 is 5.73 Å². The number of nitriles is 1. The number of hydrogen-bond acceptors (Lipinski definition) is 2. The van der Waals surface area contributed by atoms with Gasteiger partial charge in [0.1, 0.15) is 0 Å². The lowest BCUT2D eigenvalue weighted by atomic mass is 9.85. The van der Waals surface area contributed by atoms with Crippen LogP contribution >= 0.6 is 0 Å². The second kappa shape index (κ2) is 3.03. The summed E-state index contributed by atoms with van der Waals surface area (Å²) in [5.41, 5.74) is 5.39. The summed E-state index contributed by atoms with van der Waals surface area (Å²) in [6.45, 7) is 0.660. The van der Waals surface area contributed by atoms with E-state index in [2.05, 4.69) is 6.07 Å². The molecule has 2 N–H and O–H groups in total. The van der Waals surface area contributed by atoms with E-state index >= 15 is 0 Å². The van der Waals surface area contributed by atoms with Gasteiger partial charge in [-0.05, 0) is 25.8 Å². The van der Waals surface area contributed by atoms with Crippen molar-refractivity contribution in [2.24, 2.45) is 11.1 Å². The Balaban J connectivity index is 2.51. The minimum atomic E-state index is -0.0330. The lowest BCUT2D eigenvalue weighted by molar-refractivity contribution is 0.383. The van der Waals surface area contributed by atoms with E-state index in [-0.39, 0.29) is 5.41 Å². The molecule has 0 aromatic carbocycles. The van der Waals surface area contributed by atoms with E-state index in [1.807, 2.05) is 0 Å². The Morgan fingerprint density at radius 2 is 2.00 bits per heavy atom. The van der Waals surface area contributed by atoms with Gasteiger partial charge >= 0.3 is 0 Å². The van der Waals surface area contributed by atoms with Crippen LogP contribution in [0.5, 0.6) is 0 Å². The Morgan fingerprint density at radius 1 is 1.40 bits per heavy atom. The molecule has 0 saturated heterocycles. The third-order valence-corrected chi connectivity index (χ3v) is 2.42. The van der Waals surface area contributed by atoms with Gasteiger partial charge in [0.05, 0.1) is 11.5 Å². The van der Waals surface area contributed by atoms with Gasteiger partial charge in [0.15, 0.2) is 0 Å². The van der Waals surface area contributed by atoms with E-state index < -0.39 is 0 Å². The van der Waals surface area contributed by atoms with Gasteiger partial charge in [0.2, 0.25) is 0 Å². The Bertz CT molecular complexity index is 140. The minimum absolute atomic E-state index is 0.0330. The summed E-state index contributed by atoms with van der Waals surface area (Å²) in [6.07, 6.45) is 5.46. The number of nitrogens with zero attached hydrogens (tertiary/aromatic N) is 1. The summed E-state index contributed by atoms with van der Waals surface area (Å²) < 4.78 is 0. The number of rotatable bonds is 2. The molecule has 0 atom stereocenters. The second-order valence-corrected chi connectivity index (χ2v) is 3.14. The van der Waals surface area contributed by atoms with Crippen LogP contribution in [-0.4, -0.2) is 6.54 Å². The molecule has 2 heteroatoms. The van der Waals surface area contributed by atoms with Crippen LogP contribution in [0.1, 0.15) is 32.1 Å². The summed E-state index contributed by atoms with van der Waals surface area (Å²) in [5, 5.41) is 8.84. The maximum atomic E-state index is 8.84. The Morgan fingerprint density at radius 3 is 2.40 bits per heavy atom. The van der Waals surface area contributed by atoms with Crippen LogP contribution < -0.4 is 5.73 Å². The molecule has 0 radical (unpaired) electrons. The van der Waals surface area contributed by atoms with E-state index in [1.54, 1.807) is 0 Å². The molecule has 0 bridgehead atoms. The van der Waals surface area contributed by atoms with Crippen molar-refractivity contribution < 1.29 is 0 Å². The van der Waals surface area contributed by atoms with Gasteiger partial charge in [-0.25, -0.2) is 0 Å². The first-order valence-electron chi connectivity index (χ1n) is 3.94. The summed E-state index contributed by atoms with van der Waals surface area (Å²) in [7, 11) is 0. The molecule has 1 aliphatic carbocycles. The van der Waals surface area contributed by atoms with E-state index in [9.17, 15) is 0 Å². The third-order valence-electron chi connectivity index (χ3n) is 2.42. The first kappa shape index (κ1) is 7.56. The van der Waals surface area contributed by atoms with Gasteiger partial charge in [-0.15, -0.1) is 0 Å². The molecular formula is C8H14N2. The summed E-state index contributed by atoms with van der Waals surface area (Å²) in [6, 6.07) is 2.40. The maximum absolute atomic E-state index is 8.84. The minimum Gasteiger partial charge on any atom is -0.330 e. The smallest absolute Gasteiger partial charge is 0.0690 e. The number of hydrogen-bond donors (Lipinski definition) is 1. The Kier molecular flexibility index (Phi) is 2.29. The fraction of sp³-hybridized carbons (Fsp3) is 0.875. The molecular weight excluding hydrogens is 124 g/mol. The van der Waals surface area contributed by atoms with Crippen LogP contribution in [0, 0.1) is 16.7 Å². The van der Waals surface area contributed by atoms with E-state index in [4.69, 9.17) is 11.0 Å². The monoisotopic (exact) mass is 138 g/mol. The molecule has 0 aliphatic heterocycles. The van der Waals surface area contributed by atoms with Crippen molar-refractivity contribution in [3.63, 3.8) is 0 Å². The van der Waals surface area contributed by atoms with Crippen LogP contribution in [0.25, 0.3) is 0 Å². The van der Waals surface area contributed by atoms with Crippen LogP contribution in [0.4, 0.5) is 0 Å². The molecule has 0 aromatic heterocycles. The highest BCUT2D eigenvalue weighted by Gasteiger charge is 2.32. The van der Waals surface area contributed by atoms with Crippen molar-refractivity contribution in [3.05, 3.63) is 0 Å². The molecule has 2 nitrogen and oxygen atoms in total. The first-order chi connectivity index (χ1) is 4.83. The average molecular weight is 138 g/mol. The lowest BCUT2D eigenvalue weighted by Gasteiger charge is -2.17. The zero-order valence-electron chi connectivity index (χ0n) is 6.27. The van der Waals surface area contributed by atoms with E-state index in [0.717, 1.165) is 19.3 Å². The zero-order valence-corrected chi connectivity index (χ0v) is 6.27. The van der Waals surface area contributed by atoms with Crippen LogP contribution in [-0.2, 0) is 0 Å². The third kappa shape index (κ3) is 1.30. The Labute approximate surface area is 62.0 Å². The van der Waals surface area contributed by atoms with Gasteiger partial charge in [0.25, 0.3) is 0 Å². The molecule has 0 amide bonds. The van der Waals surface area contributed by atoms with E-state index in [0.29, 0.717) is 6.54 Å². The Hall–Kier alpha value is -0.550. The van der Waals surface area contributed by atoms with Crippen LogP contribution in [0.15, 0.2) is 0 Å². The fourth-order valence-corrected chi connectivity index (χ4v) is 1.75. The summed E-state index contributed by atoms with van der Waals surface area (Å²) in [4.78, 5) is 0. The standard InChI is InChI=1S/C8H14N2/c9-6-5-8(7-10)3-1-2-4-8/h1-6,9H2. The maximum Gasteiger partial charge on any atom is 0.0690 e. The lowest BCUT2D eigenvalue weighted by Crippen LogP contribution is -2.18. The van der Waals surface area contributed by atoms with Crippen molar-refractivity contribution in [2.45, 2.75) is 32.1 Å². The van der Waals surface area contributed by atoms with Crippen molar-refractivity contribution in [2.75, 3.05) is 6.54 Å². The highest BCUT2D eigenvalue weighted by molar-refractivity contribution is 5.01. The predicted octanol–water partition coefficient (Wildman–Crippen LogP) is 1.42. The van der Waals surface area contributed by atoms with E-state index in [1.165, 1.54) is 12.8 Å². The molecule has 1 saturated carbocycles. The zero-order chi connectivity index (χ0) is 7.45. The topological polar surface area (TPSA) is 49.8 Å². The quantitative estimate of drug-likeness (QED) is 0.627. The highest BCUT2D eigenvalue weighted by atomic mass is 14.5. The SMILES string of the molecule is N#CC1(CCN)CCCC1. The second-order valence-electron chi connectivity index (χ2n) is 3.14. The summed E-state index contributed by atoms with van der Waals surface area (Å²) in [5.74, 6) is 0. The average Bonchev–Trinajstić information content (AvgIpc) is 2.39. The molecule has 1 aliphatic rings. The van der Waals surface area contributed by atoms with Crippen LogP contribution in [0.3, 0.4) is 0 Å². The van der Waals surface area contributed by atoms with Crippen molar-refractivity contribution >= 4 is 0 Å². The normalized spacial score (nSPS) is 22.4. The predicted molar refractivity (Wildman–Crippen MR) is 40.2 cm³/mol. The van der Waals surface area contributed by atoms with Crippen molar-refractivity contribution in [3.8, 4) is 6.07 Å². The fourth-order valence-electron chi connectivity index (χ4n) is 1.75. The van der Waals surface area contributed by atoms with Crippen molar-refractivity contribution in [1.82, 2.24) is 0 Å². The van der Waals surface area contributed by atoms with Crippen LogP contribution in [0.2, 0.25) is 0 Å². The molecule has 1 fully saturated rings. The molecule has 0 aromatic rings. The van der Waals surface area contributed by atoms with Gasteiger partial charge in [0, 0.05) is 0 Å². The van der Waals surface area contributed by atoms with Crippen molar-refractivity contribution in [1.29, 1.82) is 5.26 Å². The molecule has 1 rings (SSSR count). The van der Waals surface area contributed by atoms with Gasteiger partial charge in [-0.1, -0.05) is 12.8 Å². The molecule has 0 heterocycles. The van der Waals surface area contributed by atoms with Gasteiger partial charge in [-0.3, -0.25) is 0 Å². The molecule has 10 heavy (non-hydrogen) atoms. The first-order valence-corrected chi connectivity index (χ1v) is 3.94. The molecule has 56 valence electrons. The highest BCUT2D eigenvalue weighted by Crippen LogP contribution is 2.39. The summed E-state index contributed by atoms with van der Waals surface area (Å²) >= 11 is 0. The number of nitrogens with two attached hydrogens (primary N) is 1. The van der Waals surface area contributed by atoms with Gasteiger partial charge in [-0.2, -0.15) is 5.26 Å².